The summed E-state index contributed by atoms with van der Waals surface area (Å²) in [6.45, 7) is 3.10. The molecule has 0 aliphatic heterocycles. The van der Waals surface area contributed by atoms with Crippen LogP contribution in [0.3, 0.4) is 0 Å². The van der Waals surface area contributed by atoms with Crippen molar-refractivity contribution in [3.8, 4) is 0 Å². The summed E-state index contributed by atoms with van der Waals surface area (Å²) in [5, 5.41) is 12.4. The molecule has 0 bridgehead atoms. The van der Waals surface area contributed by atoms with Crippen molar-refractivity contribution < 1.29 is 9.50 Å². The normalized spacial score (nSPS) is 11.0. The number of nitrogens with zero attached hydrogens (tertiary/aromatic N) is 2. The maximum Gasteiger partial charge on any atom is 0.193 e. The lowest BCUT2D eigenvalue weighted by Crippen LogP contribution is -2.38. The number of aliphatic imine (C=N–C) groups is 1. The predicted molar refractivity (Wildman–Crippen MR) is 115 cm³/mol. The van der Waals surface area contributed by atoms with E-state index in [1.165, 1.54) is 17.2 Å². The number of guanidine groups is 1. The minimum absolute atomic E-state index is 0. The second kappa shape index (κ2) is 11.1. The molecule has 2 N–H and O–H groups in total. The second-order valence-corrected chi connectivity index (χ2v) is 6.01. The van der Waals surface area contributed by atoms with Crippen LogP contribution in [-0.2, 0) is 26.1 Å². The number of nitrogens with one attached hydrogen (secondary N) is 1. The van der Waals surface area contributed by atoms with Crippen molar-refractivity contribution in [3.05, 3.63) is 70.5 Å². The number of halogens is 2. The molecule has 2 aromatic carbocycles. The largest absolute Gasteiger partial charge is 0.392 e. The average Bonchev–Trinajstić information content (AvgIpc) is 2.64. The Kier molecular flexibility index (Phi) is 9.58. The zero-order chi connectivity index (χ0) is 18.2. The smallest absolute Gasteiger partial charge is 0.193 e. The fraction of sp³-hybridized carbons (Fsp3) is 0.350. The highest BCUT2D eigenvalue weighted by Gasteiger charge is 2.08. The van der Waals surface area contributed by atoms with Gasteiger partial charge in [0.15, 0.2) is 5.96 Å². The highest BCUT2D eigenvalue weighted by Crippen LogP contribution is 2.11. The fourth-order valence-electron chi connectivity index (χ4n) is 2.65. The van der Waals surface area contributed by atoms with Gasteiger partial charge in [-0.1, -0.05) is 37.3 Å². The van der Waals surface area contributed by atoms with Gasteiger partial charge in [0.05, 0.1) is 6.61 Å². The van der Waals surface area contributed by atoms with Gasteiger partial charge in [-0.2, -0.15) is 0 Å². The standard InChI is InChI=1S/C20H26FN3O.HI/c1-4-15-5-7-16(8-6-15)13-24(3)20(22-2)23-12-17-9-10-19(21)18(11-17)14-25;/h5-11,25H,4,12-14H2,1-3H3,(H,22,23);1H. The molecular weight excluding hydrogens is 444 g/mol. The van der Waals surface area contributed by atoms with E-state index in [1.54, 1.807) is 19.2 Å². The van der Waals surface area contributed by atoms with Gasteiger partial charge in [-0.15, -0.1) is 24.0 Å². The molecule has 6 heteroatoms. The summed E-state index contributed by atoms with van der Waals surface area (Å²) in [5.41, 5.74) is 3.74. The molecular formula is C20H27FIN3O. The molecule has 0 atom stereocenters. The van der Waals surface area contributed by atoms with Crippen molar-refractivity contribution in [2.75, 3.05) is 14.1 Å². The van der Waals surface area contributed by atoms with Crippen LogP contribution in [0.5, 0.6) is 0 Å². The first kappa shape index (κ1) is 22.4. The number of hydrogen-bond donors (Lipinski definition) is 2. The van der Waals surface area contributed by atoms with E-state index in [0.29, 0.717) is 12.1 Å². The number of aliphatic hydroxyl groups is 1. The Morgan fingerprint density at radius 3 is 2.31 bits per heavy atom. The van der Waals surface area contributed by atoms with Crippen LogP contribution in [0.15, 0.2) is 47.5 Å². The van der Waals surface area contributed by atoms with Crippen LogP contribution < -0.4 is 5.32 Å². The van der Waals surface area contributed by atoms with Gasteiger partial charge in [-0.3, -0.25) is 4.99 Å². The Morgan fingerprint density at radius 2 is 1.73 bits per heavy atom. The molecule has 0 heterocycles. The van der Waals surface area contributed by atoms with Gasteiger partial charge in [-0.05, 0) is 35.2 Å². The molecule has 4 nitrogen and oxygen atoms in total. The number of rotatable bonds is 6. The van der Waals surface area contributed by atoms with E-state index in [9.17, 15) is 4.39 Å². The summed E-state index contributed by atoms with van der Waals surface area (Å²) >= 11 is 0. The Bertz CT molecular complexity index is 719. The molecule has 0 aliphatic rings. The molecule has 142 valence electrons. The van der Waals surface area contributed by atoms with Crippen LogP contribution in [0.2, 0.25) is 0 Å². The van der Waals surface area contributed by atoms with Gasteiger partial charge >= 0.3 is 0 Å². The van der Waals surface area contributed by atoms with Gasteiger partial charge in [0.25, 0.3) is 0 Å². The van der Waals surface area contributed by atoms with Crippen LogP contribution in [0.25, 0.3) is 0 Å². The van der Waals surface area contributed by atoms with Crippen LogP contribution in [-0.4, -0.2) is 30.1 Å². The van der Waals surface area contributed by atoms with Crippen molar-refractivity contribution in [1.82, 2.24) is 10.2 Å². The molecule has 0 aromatic heterocycles. The molecule has 0 unspecified atom stereocenters. The van der Waals surface area contributed by atoms with Crippen molar-refractivity contribution in [2.45, 2.75) is 33.0 Å². The molecule has 0 fully saturated rings. The first-order valence-electron chi connectivity index (χ1n) is 8.45. The predicted octanol–water partition coefficient (Wildman–Crippen LogP) is 3.71. The SMILES string of the molecule is CCc1ccc(CN(C)C(=NC)NCc2ccc(F)c(CO)c2)cc1.I. The Balaban J connectivity index is 0.00000338. The van der Waals surface area contributed by atoms with Gasteiger partial charge < -0.3 is 15.3 Å². The lowest BCUT2D eigenvalue weighted by atomic mass is 10.1. The number of benzene rings is 2. The van der Waals surface area contributed by atoms with Crippen LogP contribution in [0.1, 0.15) is 29.2 Å². The molecule has 0 spiro atoms. The van der Waals surface area contributed by atoms with Gasteiger partial charge in [0, 0.05) is 32.7 Å². The summed E-state index contributed by atoms with van der Waals surface area (Å²) in [6, 6.07) is 13.3. The van der Waals surface area contributed by atoms with Crippen molar-refractivity contribution in [1.29, 1.82) is 0 Å². The Labute approximate surface area is 172 Å². The molecule has 26 heavy (non-hydrogen) atoms. The molecule has 0 amide bonds. The van der Waals surface area contributed by atoms with Gasteiger partial charge in [0.1, 0.15) is 5.82 Å². The summed E-state index contributed by atoms with van der Waals surface area (Å²) < 4.78 is 13.4. The van der Waals surface area contributed by atoms with Gasteiger partial charge in [0.2, 0.25) is 0 Å². The van der Waals surface area contributed by atoms with E-state index >= 15 is 0 Å². The highest BCUT2D eigenvalue weighted by atomic mass is 127. The number of hydrogen-bond acceptors (Lipinski definition) is 2. The van der Waals surface area contributed by atoms with Crippen LogP contribution >= 0.6 is 24.0 Å². The maximum absolute atomic E-state index is 13.4. The van der Waals surface area contributed by atoms with E-state index in [0.717, 1.165) is 24.5 Å². The van der Waals surface area contributed by atoms with E-state index in [1.807, 2.05) is 11.9 Å². The van der Waals surface area contributed by atoms with Crippen molar-refractivity contribution in [2.24, 2.45) is 4.99 Å². The summed E-state index contributed by atoms with van der Waals surface area (Å²) in [6.07, 6.45) is 1.03. The third kappa shape index (κ3) is 6.25. The fourth-order valence-corrected chi connectivity index (χ4v) is 2.65. The molecule has 0 radical (unpaired) electrons. The third-order valence-electron chi connectivity index (χ3n) is 4.16. The van der Waals surface area contributed by atoms with Crippen LogP contribution in [0, 0.1) is 5.82 Å². The second-order valence-electron chi connectivity index (χ2n) is 6.01. The summed E-state index contributed by atoms with van der Waals surface area (Å²) in [7, 11) is 3.72. The molecule has 2 rings (SSSR count). The summed E-state index contributed by atoms with van der Waals surface area (Å²) in [4.78, 5) is 6.34. The first-order chi connectivity index (χ1) is 12.1. The third-order valence-corrected chi connectivity index (χ3v) is 4.16. The van der Waals surface area contributed by atoms with E-state index in [4.69, 9.17) is 5.11 Å². The molecule has 0 saturated carbocycles. The van der Waals surface area contributed by atoms with E-state index in [-0.39, 0.29) is 36.4 Å². The zero-order valence-corrected chi connectivity index (χ0v) is 17.8. The Morgan fingerprint density at radius 1 is 1.12 bits per heavy atom. The van der Waals surface area contributed by atoms with Crippen molar-refractivity contribution >= 4 is 29.9 Å². The van der Waals surface area contributed by atoms with Gasteiger partial charge in [-0.25, -0.2) is 4.39 Å². The molecule has 0 aliphatic carbocycles. The lowest BCUT2D eigenvalue weighted by molar-refractivity contribution is 0.275. The number of aryl methyl sites for hydroxylation is 1. The van der Waals surface area contributed by atoms with Crippen molar-refractivity contribution in [3.63, 3.8) is 0 Å². The topological polar surface area (TPSA) is 47.9 Å². The van der Waals surface area contributed by atoms with E-state index < -0.39 is 0 Å². The summed E-state index contributed by atoms with van der Waals surface area (Å²) in [5.74, 6) is 0.373. The van der Waals surface area contributed by atoms with Crippen LogP contribution in [0.4, 0.5) is 4.39 Å². The quantitative estimate of drug-likeness (QED) is 0.384. The van der Waals surface area contributed by atoms with E-state index in [2.05, 4.69) is 41.5 Å². The molecule has 2 aromatic rings. The average molecular weight is 471 g/mol. The molecule has 0 saturated heterocycles. The first-order valence-corrected chi connectivity index (χ1v) is 8.45. The minimum atomic E-state index is -0.386. The minimum Gasteiger partial charge on any atom is -0.392 e. The number of aliphatic hydroxyl groups excluding tert-OH is 1. The maximum atomic E-state index is 13.4. The zero-order valence-electron chi connectivity index (χ0n) is 15.5. The Hall–Kier alpha value is -1.67. The monoisotopic (exact) mass is 471 g/mol. The lowest BCUT2D eigenvalue weighted by Gasteiger charge is -2.22. The highest BCUT2D eigenvalue weighted by molar-refractivity contribution is 14.0.